The Kier molecular flexibility index (Phi) is 7.34. The number of carbonyl (C=O) groups is 1. The first-order valence-corrected chi connectivity index (χ1v) is 8.03. The number of aryl methyl sites for hydroxylation is 1. The van der Waals surface area contributed by atoms with Gasteiger partial charge in [0.2, 0.25) is 0 Å². The summed E-state index contributed by atoms with van der Waals surface area (Å²) in [5.41, 5.74) is 8.15. The van der Waals surface area contributed by atoms with Crippen LogP contribution in [-0.4, -0.2) is 24.9 Å². The monoisotopic (exact) mass is 325 g/mol. The van der Waals surface area contributed by atoms with Crippen molar-refractivity contribution in [2.45, 2.75) is 19.3 Å². The van der Waals surface area contributed by atoms with Gasteiger partial charge in [0, 0.05) is 13.0 Å². The third kappa shape index (κ3) is 6.96. The molecule has 0 fully saturated rings. The van der Waals surface area contributed by atoms with Crippen LogP contribution >= 0.6 is 0 Å². The summed E-state index contributed by atoms with van der Waals surface area (Å²) in [5.74, 6) is 0.182. The van der Waals surface area contributed by atoms with Gasteiger partial charge in [0.05, 0.1) is 0 Å². The highest BCUT2D eigenvalue weighted by Gasteiger charge is 2.02. The molecule has 5 heteroatoms. The normalized spacial score (nSPS) is 11.1. The zero-order chi connectivity index (χ0) is 17.0. The molecular weight excluding hydrogens is 302 g/mol. The van der Waals surface area contributed by atoms with E-state index >= 15 is 0 Å². The Labute approximate surface area is 142 Å². The average Bonchev–Trinajstić information content (AvgIpc) is 2.62. The molecule has 0 bridgehead atoms. The first kappa shape index (κ1) is 17.5. The van der Waals surface area contributed by atoms with Crippen LogP contribution in [0.4, 0.5) is 0 Å². The van der Waals surface area contributed by atoms with Gasteiger partial charge in [-0.15, -0.1) is 0 Å². The fourth-order valence-electron chi connectivity index (χ4n) is 2.18. The third-order valence-electron chi connectivity index (χ3n) is 3.47. The van der Waals surface area contributed by atoms with Crippen LogP contribution < -0.4 is 11.1 Å². The molecule has 0 heterocycles. The maximum Gasteiger partial charge on any atom is 0.260 e. The van der Waals surface area contributed by atoms with Gasteiger partial charge in [-0.1, -0.05) is 65.8 Å². The zero-order valence-electron chi connectivity index (χ0n) is 13.7. The molecule has 1 amide bonds. The Morgan fingerprint density at radius 1 is 0.958 bits per heavy atom. The van der Waals surface area contributed by atoms with Crippen molar-refractivity contribution in [3.63, 3.8) is 0 Å². The van der Waals surface area contributed by atoms with Crippen LogP contribution in [-0.2, 0) is 22.5 Å². The number of amidine groups is 1. The van der Waals surface area contributed by atoms with Crippen molar-refractivity contribution in [1.82, 2.24) is 5.32 Å². The number of hydrogen-bond donors (Lipinski definition) is 2. The lowest BCUT2D eigenvalue weighted by Gasteiger charge is -2.05. The Hall–Kier alpha value is -2.82. The second kappa shape index (κ2) is 10.0. The van der Waals surface area contributed by atoms with E-state index in [1.54, 1.807) is 0 Å². The average molecular weight is 325 g/mol. The van der Waals surface area contributed by atoms with Gasteiger partial charge in [0.1, 0.15) is 5.84 Å². The fourth-order valence-corrected chi connectivity index (χ4v) is 2.18. The van der Waals surface area contributed by atoms with E-state index in [0.29, 0.717) is 18.8 Å². The van der Waals surface area contributed by atoms with Crippen molar-refractivity contribution in [2.24, 2.45) is 10.9 Å². The minimum atomic E-state index is -0.203. The van der Waals surface area contributed by atoms with Gasteiger partial charge in [-0.3, -0.25) is 4.79 Å². The smallest absolute Gasteiger partial charge is 0.260 e. The predicted octanol–water partition coefficient (Wildman–Crippen LogP) is 2.27. The Morgan fingerprint density at radius 2 is 1.54 bits per heavy atom. The van der Waals surface area contributed by atoms with E-state index in [9.17, 15) is 4.79 Å². The topological polar surface area (TPSA) is 76.7 Å². The molecule has 2 rings (SSSR count). The number of carbonyl (C=O) groups excluding carboxylic acids is 1. The Balaban J connectivity index is 1.59. The van der Waals surface area contributed by atoms with E-state index in [0.717, 1.165) is 12.8 Å². The van der Waals surface area contributed by atoms with Crippen LogP contribution in [0.25, 0.3) is 0 Å². The summed E-state index contributed by atoms with van der Waals surface area (Å²) in [6, 6.07) is 20.0. The van der Waals surface area contributed by atoms with Gasteiger partial charge < -0.3 is 15.9 Å². The Morgan fingerprint density at radius 3 is 2.17 bits per heavy atom. The summed E-state index contributed by atoms with van der Waals surface area (Å²) in [7, 11) is 0. The molecule has 0 aliphatic rings. The Bertz CT molecular complexity index is 642. The number of oxime groups is 1. The molecule has 0 aromatic heterocycles. The van der Waals surface area contributed by atoms with E-state index in [1.807, 2.05) is 60.7 Å². The number of nitrogens with two attached hydrogens (primary N) is 1. The predicted molar refractivity (Wildman–Crippen MR) is 95.5 cm³/mol. The molecule has 24 heavy (non-hydrogen) atoms. The van der Waals surface area contributed by atoms with Gasteiger partial charge in [-0.25, -0.2) is 0 Å². The van der Waals surface area contributed by atoms with E-state index < -0.39 is 0 Å². The van der Waals surface area contributed by atoms with Crippen molar-refractivity contribution in [3.8, 4) is 0 Å². The molecule has 0 atom stereocenters. The molecule has 5 nitrogen and oxygen atoms in total. The van der Waals surface area contributed by atoms with E-state index in [4.69, 9.17) is 10.6 Å². The number of nitrogens with one attached hydrogen (secondary N) is 1. The summed E-state index contributed by atoms with van der Waals surface area (Å²) < 4.78 is 0. The second-order valence-electron chi connectivity index (χ2n) is 5.43. The van der Waals surface area contributed by atoms with Gasteiger partial charge >= 0.3 is 0 Å². The van der Waals surface area contributed by atoms with E-state index in [-0.39, 0.29) is 12.5 Å². The van der Waals surface area contributed by atoms with Crippen LogP contribution in [0.5, 0.6) is 0 Å². The highest BCUT2D eigenvalue weighted by molar-refractivity contribution is 5.80. The van der Waals surface area contributed by atoms with Crippen molar-refractivity contribution in [2.75, 3.05) is 13.2 Å². The number of amides is 1. The molecule has 0 aliphatic carbocycles. The molecule has 0 radical (unpaired) electrons. The maximum atomic E-state index is 11.6. The minimum Gasteiger partial charge on any atom is -0.384 e. The maximum absolute atomic E-state index is 11.6. The molecule has 0 unspecified atom stereocenters. The second-order valence-corrected chi connectivity index (χ2v) is 5.43. The van der Waals surface area contributed by atoms with Crippen molar-refractivity contribution in [3.05, 3.63) is 71.8 Å². The lowest BCUT2D eigenvalue weighted by molar-refractivity contribution is -0.125. The van der Waals surface area contributed by atoms with E-state index in [1.165, 1.54) is 11.1 Å². The summed E-state index contributed by atoms with van der Waals surface area (Å²) in [5, 5.41) is 6.57. The molecule has 0 spiro atoms. The van der Waals surface area contributed by atoms with Crippen molar-refractivity contribution >= 4 is 11.7 Å². The van der Waals surface area contributed by atoms with Gasteiger partial charge in [0.15, 0.2) is 6.61 Å². The van der Waals surface area contributed by atoms with Gasteiger partial charge in [-0.2, -0.15) is 0 Å². The number of hydrogen-bond acceptors (Lipinski definition) is 3. The first-order chi connectivity index (χ1) is 11.7. The van der Waals surface area contributed by atoms with Crippen molar-refractivity contribution in [1.29, 1.82) is 0 Å². The molecule has 126 valence electrons. The highest BCUT2D eigenvalue weighted by Crippen LogP contribution is 2.02. The molecule has 2 aromatic carbocycles. The zero-order valence-corrected chi connectivity index (χ0v) is 13.7. The summed E-state index contributed by atoms with van der Waals surface area (Å²) >= 11 is 0. The molecular formula is C19H23N3O2. The van der Waals surface area contributed by atoms with Crippen molar-refractivity contribution < 1.29 is 9.63 Å². The van der Waals surface area contributed by atoms with Gasteiger partial charge in [-0.05, 0) is 24.0 Å². The minimum absolute atomic E-state index is 0.124. The summed E-state index contributed by atoms with van der Waals surface area (Å²) in [6.07, 6.45) is 2.18. The SMILES string of the molecule is N/C(CCc1ccccc1)=N\OCC(=O)NCCc1ccccc1. The van der Waals surface area contributed by atoms with Crippen LogP contribution in [0.15, 0.2) is 65.8 Å². The van der Waals surface area contributed by atoms with Crippen LogP contribution in [0.2, 0.25) is 0 Å². The number of nitrogens with zero attached hydrogens (tertiary/aromatic N) is 1. The molecule has 0 saturated heterocycles. The summed E-state index contributed by atoms with van der Waals surface area (Å²) in [6.45, 7) is 0.445. The molecule has 2 aromatic rings. The lowest BCUT2D eigenvalue weighted by atomic mass is 10.1. The molecule has 0 saturated carbocycles. The number of benzene rings is 2. The lowest BCUT2D eigenvalue weighted by Crippen LogP contribution is -2.29. The third-order valence-corrected chi connectivity index (χ3v) is 3.47. The fraction of sp³-hybridized carbons (Fsp3) is 0.263. The highest BCUT2D eigenvalue weighted by atomic mass is 16.6. The van der Waals surface area contributed by atoms with Crippen LogP contribution in [0, 0.1) is 0 Å². The summed E-state index contributed by atoms with van der Waals surface area (Å²) in [4.78, 5) is 16.6. The van der Waals surface area contributed by atoms with Gasteiger partial charge in [0.25, 0.3) is 5.91 Å². The molecule has 0 aliphatic heterocycles. The first-order valence-electron chi connectivity index (χ1n) is 8.03. The van der Waals surface area contributed by atoms with E-state index in [2.05, 4.69) is 10.5 Å². The molecule has 3 N–H and O–H groups in total. The standard InChI is InChI=1S/C19H23N3O2/c20-18(12-11-16-7-3-1-4-8-16)22-24-15-19(23)21-14-13-17-9-5-2-6-10-17/h1-10H,11-15H2,(H2,20,22)(H,21,23). The van der Waals surface area contributed by atoms with Crippen LogP contribution in [0.1, 0.15) is 17.5 Å². The number of rotatable bonds is 9. The quantitative estimate of drug-likeness (QED) is 0.422. The largest absolute Gasteiger partial charge is 0.384 e. The van der Waals surface area contributed by atoms with Crippen LogP contribution in [0.3, 0.4) is 0 Å².